The molecule has 7 heteroatoms. The fourth-order valence-corrected chi connectivity index (χ4v) is 1.23. The average molecular weight is 260 g/mol. The van der Waals surface area contributed by atoms with Gasteiger partial charge in [-0.2, -0.15) is 0 Å². The predicted molar refractivity (Wildman–Crippen MR) is 65.8 cm³/mol. The number of hydrogen-bond donors (Lipinski definition) is 1. The molecule has 0 aliphatic carbocycles. The van der Waals surface area contributed by atoms with Gasteiger partial charge in [-0.25, -0.2) is 9.48 Å². The molecule has 0 unspecified atom stereocenters. The van der Waals surface area contributed by atoms with Gasteiger partial charge in [-0.1, -0.05) is 17.1 Å². The van der Waals surface area contributed by atoms with E-state index in [9.17, 15) is 9.59 Å². The molecule has 7 nitrogen and oxygen atoms in total. The Balaban J connectivity index is 2.71. The van der Waals surface area contributed by atoms with Gasteiger partial charge in [0.2, 0.25) is 5.91 Å². The maximum absolute atomic E-state index is 11.9. The minimum atomic E-state index is -1.20. The maximum Gasteiger partial charge on any atom is 0.358 e. The van der Waals surface area contributed by atoms with Crippen LogP contribution in [0.15, 0.2) is 6.20 Å². The molecule has 1 aromatic heterocycles. The molecule has 0 atom stereocenters. The predicted octanol–water partition coefficient (Wildman–Crippen LogP) is -0.539. The molecule has 0 saturated carbocycles. The van der Waals surface area contributed by atoms with Crippen molar-refractivity contribution in [2.24, 2.45) is 0 Å². The van der Waals surface area contributed by atoms with Crippen LogP contribution in [0.4, 0.5) is 0 Å². The van der Waals surface area contributed by atoms with Crippen LogP contribution in [-0.4, -0.2) is 50.0 Å². The molecule has 0 saturated heterocycles. The summed E-state index contributed by atoms with van der Waals surface area (Å²) in [5.41, 5.74) is -0.218. The summed E-state index contributed by atoms with van der Waals surface area (Å²) in [6.07, 6.45) is 6.35. The number of terminal acetylenes is 1. The standard InChI is InChI=1S/C12H12N4O3/c1-3-5-7-15(6-4-2)11(17)9-16-8-10(12(18)19)13-14-16/h2,8H,6-7,9H2,1H3,(H,18,19). The van der Waals surface area contributed by atoms with Crippen LogP contribution in [0.5, 0.6) is 0 Å². The Morgan fingerprint density at radius 2 is 2.26 bits per heavy atom. The van der Waals surface area contributed by atoms with Crippen molar-refractivity contribution >= 4 is 11.9 Å². The molecule has 0 fully saturated rings. The van der Waals surface area contributed by atoms with E-state index < -0.39 is 5.97 Å². The molecule has 1 heterocycles. The lowest BCUT2D eigenvalue weighted by Crippen LogP contribution is -2.34. The normalized spacial score (nSPS) is 9.05. The lowest BCUT2D eigenvalue weighted by molar-refractivity contribution is -0.130. The highest BCUT2D eigenvalue weighted by Gasteiger charge is 2.14. The van der Waals surface area contributed by atoms with Crippen molar-refractivity contribution in [3.63, 3.8) is 0 Å². The molecular weight excluding hydrogens is 248 g/mol. The number of amides is 1. The van der Waals surface area contributed by atoms with E-state index in [2.05, 4.69) is 28.1 Å². The van der Waals surface area contributed by atoms with Gasteiger partial charge in [-0.3, -0.25) is 4.79 Å². The smallest absolute Gasteiger partial charge is 0.358 e. The van der Waals surface area contributed by atoms with Crippen molar-refractivity contribution in [1.29, 1.82) is 0 Å². The van der Waals surface area contributed by atoms with Gasteiger partial charge < -0.3 is 10.0 Å². The molecule has 0 aliphatic rings. The van der Waals surface area contributed by atoms with Crippen molar-refractivity contribution in [2.75, 3.05) is 13.1 Å². The molecule has 0 spiro atoms. The largest absolute Gasteiger partial charge is 0.476 e. The van der Waals surface area contributed by atoms with Crippen molar-refractivity contribution in [3.8, 4) is 24.2 Å². The summed E-state index contributed by atoms with van der Waals surface area (Å²) in [6, 6.07) is 0. The summed E-state index contributed by atoms with van der Waals surface area (Å²) in [5, 5.41) is 15.6. The topological polar surface area (TPSA) is 88.3 Å². The molecule has 0 aromatic carbocycles. The van der Waals surface area contributed by atoms with E-state index in [1.54, 1.807) is 6.92 Å². The van der Waals surface area contributed by atoms with Crippen LogP contribution < -0.4 is 0 Å². The van der Waals surface area contributed by atoms with E-state index in [1.165, 1.54) is 11.1 Å². The van der Waals surface area contributed by atoms with Crippen LogP contribution in [-0.2, 0) is 11.3 Å². The highest BCUT2D eigenvalue weighted by atomic mass is 16.4. The van der Waals surface area contributed by atoms with Crippen molar-refractivity contribution in [1.82, 2.24) is 19.9 Å². The third kappa shape index (κ3) is 4.17. The summed E-state index contributed by atoms with van der Waals surface area (Å²) >= 11 is 0. The maximum atomic E-state index is 11.9. The number of rotatable bonds is 5. The Hall–Kier alpha value is -2.80. The van der Waals surface area contributed by atoms with Crippen LogP contribution in [0.2, 0.25) is 0 Å². The molecular formula is C12H12N4O3. The highest BCUT2D eigenvalue weighted by Crippen LogP contribution is 1.96. The Morgan fingerprint density at radius 1 is 1.53 bits per heavy atom. The average Bonchev–Trinajstić information content (AvgIpc) is 2.83. The molecule has 0 bridgehead atoms. The quantitative estimate of drug-likeness (QED) is 0.718. The van der Waals surface area contributed by atoms with Gasteiger partial charge in [-0.15, -0.1) is 17.4 Å². The van der Waals surface area contributed by atoms with E-state index in [1.807, 2.05) is 0 Å². The Kier molecular flexibility index (Phi) is 5.12. The zero-order valence-corrected chi connectivity index (χ0v) is 10.3. The summed E-state index contributed by atoms with van der Waals surface area (Å²) in [6.45, 7) is 1.89. The Bertz CT molecular complexity index is 574. The molecule has 0 radical (unpaired) electrons. The summed E-state index contributed by atoms with van der Waals surface area (Å²) < 4.78 is 1.15. The molecule has 19 heavy (non-hydrogen) atoms. The number of nitrogens with zero attached hydrogens (tertiary/aromatic N) is 4. The summed E-state index contributed by atoms with van der Waals surface area (Å²) in [4.78, 5) is 23.9. The van der Waals surface area contributed by atoms with Crippen molar-refractivity contribution in [3.05, 3.63) is 11.9 Å². The van der Waals surface area contributed by atoms with Gasteiger partial charge >= 0.3 is 5.97 Å². The Morgan fingerprint density at radius 3 is 2.79 bits per heavy atom. The van der Waals surface area contributed by atoms with Crippen LogP contribution in [0.1, 0.15) is 17.4 Å². The van der Waals surface area contributed by atoms with Gasteiger partial charge in [0.25, 0.3) is 0 Å². The first kappa shape index (κ1) is 14.3. The lowest BCUT2D eigenvalue weighted by atomic mass is 10.4. The fraction of sp³-hybridized carbons (Fsp3) is 0.333. The number of carbonyl (C=O) groups is 2. The van der Waals surface area contributed by atoms with E-state index >= 15 is 0 Å². The first-order valence-electron chi connectivity index (χ1n) is 5.32. The number of aromatic nitrogens is 3. The second kappa shape index (κ2) is 6.82. The molecule has 98 valence electrons. The molecule has 1 N–H and O–H groups in total. The zero-order chi connectivity index (χ0) is 14.3. The first-order chi connectivity index (χ1) is 9.08. The third-order valence-electron chi connectivity index (χ3n) is 2.14. The van der Waals surface area contributed by atoms with Crippen LogP contribution in [0.3, 0.4) is 0 Å². The van der Waals surface area contributed by atoms with Gasteiger partial charge in [0.1, 0.15) is 6.54 Å². The number of carboxylic acid groups (broad SMARTS) is 1. The van der Waals surface area contributed by atoms with E-state index in [0.29, 0.717) is 0 Å². The van der Waals surface area contributed by atoms with Gasteiger partial charge in [0.05, 0.1) is 19.3 Å². The molecule has 1 rings (SSSR count). The molecule has 1 aromatic rings. The minimum Gasteiger partial charge on any atom is -0.476 e. The van der Waals surface area contributed by atoms with Gasteiger partial charge in [0.15, 0.2) is 5.69 Å². The fourth-order valence-electron chi connectivity index (χ4n) is 1.23. The lowest BCUT2D eigenvalue weighted by Gasteiger charge is -2.16. The first-order valence-corrected chi connectivity index (χ1v) is 5.32. The SMILES string of the molecule is C#CCN(CC#CC)C(=O)Cn1cc(C(=O)O)nn1. The second-order valence-electron chi connectivity index (χ2n) is 3.49. The monoisotopic (exact) mass is 260 g/mol. The summed E-state index contributed by atoms with van der Waals surface area (Å²) in [7, 11) is 0. The number of carboxylic acids is 1. The highest BCUT2D eigenvalue weighted by molar-refractivity contribution is 5.84. The Labute approximate surface area is 110 Å². The number of hydrogen-bond acceptors (Lipinski definition) is 4. The third-order valence-corrected chi connectivity index (χ3v) is 2.14. The minimum absolute atomic E-state index is 0.132. The van der Waals surface area contributed by atoms with Crippen molar-refractivity contribution in [2.45, 2.75) is 13.5 Å². The van der Waals surface area contributed by atoms with E-state index in [-0.39, 0.29) is 31.2 Å². The van der Waals surface area contributed by atoms with Gasteiger partial charge in [-0.05, 0) is 6.92 Å². The zero-order valence-electron chi connectivity index (χ0n) is 10.3. The van der Waals surface area contributed by atoms with Gasteiger partial charge in [0, 0.05) is 0 Å². The summed E-state index contributed by atoms with van der Waals surface area (Å²) in [5.74, 6) is 6.28. The number of aromatic carboxylic acids is 1. The van der Waals surface area contributed by atoms with Crippen LogP contribution in [0, 0.1) is 24.2 Å². The van der Waals surface area contributed by atoms with Crippen LogP contribution >= 0.6 is 0 Å². The van der Waals surface area contributed by atoms with Crippen LogP contribution in [0.25, 0.3) is 0 Å². The molecule has 1 amide bonds. The van der Waals surface area contributed by atoms with E-state index in [4.69, 9.17) is 11.5 Å². The van der Waals surface area contributed by atoms with E-state index in [0.717, 1.165) is 4.68 Å². The molecule has 0 aliphatic heterocycles. The van der Waals surface area contributed by atoms with Crippen molar-refractivity contribution < 1.29 is 14.7 Å². The second-order valence-corrected chi connectivity index (χ2v) is 3.49. The number of carbonyl (C=O) groups excluding carboxylic acids is 1.